The highest BCUT2D eigenvalue weighted by molar-refractivity contribution is 7.92. The van der Waals surface area contributed by atoms with Gasteiger partial charge in [-0.15, -0.1) is 0 Å². The molecule has 1 unspecified atom stereocenters. The van der Waals surface area contributed by atoms with E-state index in [1.807, 2.05) is 68.4 Å². The fourth-order valence-corrected chi connectivity index (χ4v) is 6.35. The largest absolute Gasteiger partial charge is 0.357 e. The number of benzene rings is 3. The first-order valence-electron chi connectivity index (χ1n) is 14.7. The number of carbonyl (C=O) groups excluding carboxylic acids is 2. The van der Waals surface area contributed by atoms with Gasteiger partial charge in [0.2, 0.25) is 17.7 Å². The van der Waals surface area contributed by atoms with Crippen molar-refractivity contribution >= 4 is 27.7 Å². The second-order valence-corrected chi connectivity index (χ2v) is 12.6. The molecule has 2 atom stereocenters. The minimum atomic E-state index is -3.99. The van der Waals surface area contributed by atoms with Gasteiger partial charge in [0.05, 0.1) is 10.6 Å². The quantitative estimate of drug-likeness (QED) is 0.194. The summed E-state index contributed by atoms with van der Waals surface area (Å²) in [5, 5.41) is 6.58. The van der Waals surface area contributed by atoms with Crippen LogP contribution in [0.3, 0.4) is 0 Å². The number of amides is 2. The van der Waals surface area contributed by atoms with E-state index in [0.29, 0.717) is 28.8 Å². The maximum absolute atomic E-state index is 13.7. The number of aryl methyl sites for hydroxylation is 2. The number of anilines is 1. The number of rotatable bonds is 13. The van der Waals surface area contributed by atoms with Crippen molar-refractivity contribution in [1.82, 2.24) is 15.4 Å². The highest BCUT2D eigenvalue weighted by Gasteiger charge is 2.33. The van der Waals surface area contributed by atoms with E-state index in [-0.39, 0.29) is 41.5 Å². The Hall–Kier alpha value is -4.44. The summed E-state index contributed by atoms with van der Waals surface area (Å²) in [7, 11) is -2.40. The molecule has 0 bridgehead atoms. The van der Waals surface area contributed by atoms with Gasteiger partial charge in [-0.25, -0.2) is 13.1 Å². The Bertz CT molecular complexity index is 1680. The standard InChI is InChI=1S/C34H40N4O5S/c1-6-23(2)32(33(40)35-5)38(31(39)21-18-26-12-8-7-9-13-26)22-27-16-19-28(20-17-27)29-14-10-11-15-30(29)44(41,42)37-34-24(3)25(4)36-43-34/h7-17,19-20,23,32,37H,6,18,21-22H2,1-5H3,(H,35,40)/t23?,32-/m0/s1. The molecule has 3 aromatic carbocycles. The van der Waals surface area contributed by atoms with Crippen LogP contribution in [-0.4, -0.2) is 43.4 Å². The number of carbonyl (C=O) groups is 2. The van der Waals surface area contributed by atoms with Crippen molar-refractivity contribution in [3.63, 3.8) is 0 Å². The summed E-state index contributed by atoms with van der Waals surface area (Å²) in [6.45, 7) is 7.70. The number of aromatic nitrogens is 1. The van der Waals surface area contributed by atoms with E-state index in [1.54, 1.807) is 44.0 Å². The Morgan fingerprint density at radius 2 is 1.59 bits per heavy atom. The van der Waals surface area contributed by atoms with Gasteiger partial charge in [0.15, 0.2) is 0 Å². The Balaban J connectivity index is 1.61. The molecule has 0 fully saturated rings. The number of nitrogens with zero attached hydrogens (tertiary/aromatic N) is 2. The van der Waals surface area contributed by atoms with Crippen LogP contribution in [0, 0.1) is 19.8 Å². The molecular formula is C34H40N4O5S. The lowest BCUT2D eigenvalue weighted by Gasteiger charge is -2.34. The molecule has 0 spiro atoms. The zero-order chi connectivity index (χ0) is 31.9. The number of hydrogen-bond acceptors (Lipinski definition) is 6. The van der Waals surface area contributed by atoms with Crippen molar-refractivity contribution in [2.24, 2.45) is 5.92 Å². The van der Waals surface area contributed by atoms with Gasteiger partial charge in [-0.1, -0.05) is 98.2 Å². The zero-order valence-corrected chi connectivity index (χ0v) is 26.6. The number of hydrogen-bond donors (Lipinski definition) is 2. The van der Waals surface area contributed by atoms with Gasteiger partial charge in [-0.2, -0.15) is 0 Å². The van der Waals surface area contributed by atoms with E-state index in [2.05, 4.69) is 15.2 Å². The fraction of sp³-hybridized carbons (Fsp3) is 0.324. The average Bonchev–Trinajstić information content (AvgIpc) is 3.35. The Morgan fingerprint density at radius 1 is 0.932 bits per heavy atom. The van der Waals surface area contributed by atoms with Crippen LogP contribution in [0.25, 0.3) is 11.1 Å². The molecule has 4 rings (SSSR count). The van der Waals surface area contributed by atoms with E-state index in [9.17, 15) is 18.0 Å². The van der Waals surface area contributed by atoms with Crippen LogP contribution in [0.4, 0.5) is 5.88 Å². The summed E-state index contributed by atoms with van der Waals surface area (Å²) in [5.74, 6) is -0.284. The molecule has 232 valence electrons. The average molecular weight is 617 g/mol. The van der Waals surface area contributed by atoms with Crippen LogP contribution in [0.15, 0.2) is 88.3 Å². The van der Waals surface area contributed by atoms with E-state index >= 15 is 0 Å². The van der Waals surface area contributed by atoms with Crippen molar-refractivity contribution in [3.05, 3.63) is 101 Å². The molecule has 0 aliphatic heterocycles. The first-order chi connectivity index (χ1) is 21.1. The molecule has 0 saturated carbocycles. The van der Waals surface area contributed by atoms with Crippen LogP contribution in [0.5, 0.6) is 0 Å². The SMILES string of the molecule is CCC(C)[C@@H](C(=O)NC)N(Cc1ccc(-c2ccccc2S(=O)(=O)Nc2onc(C)c2C)cc1)C(=O)CCc1ccccc1. The first-order valence-corrected chi connectivity index (χ1v) is 16.2. The molecule has 44 heavy (non-hydrogen) atoms. The molecule has 1 heterocycles. The van der Waals surface area contributed by atoms with Crippen LogP contribution >= 0.6 is 0 Å². The van der Waals surface area contributed by atoms with Gasteiger partial charge in [0, 0.05) is 31.1 Å². The van der Waals surface area contributed by atoms with E-state index < -0.39 is 16.1 Å². The molecule has 10 heteroatoms. The van der Waals surface area contributed by atoms with Gasteiger partial charge in [-0.3, -0.25) is 9.59 Å². The van der Waals surface area contributed by atoms with Crippen molar-refractivity contribution in [2.75, 3.05) is 11.8 Å². The Labute approximate surface area is 259 Å². The predicted octanol–water partition coefficient (Wildman–Crippen LogP) is 5.88. The second kappa shape index (κ2) is 14.4. The number of likely N-dealkylation sites (N-methyl/N-ethyl adjacent to an activating group) is 1. The highest BCUT2D eigenvalue weighted by Crippen LogP contribution is 2.30. The summed E-state index contributed by atoms with van der Waals surface area (Å²) in [5.41, 5.74) is 4.30. The molecule has 2 amide bonds. The van der Waals surface area contributed by atoms with Gasteiger partial charge in [0.25, 0.3) is 10.0 Å². The first kappa shape index (κ1) is 32.5. The summed E-state index contributed by atoms with van der Waals surface area (Å²) >= 11 is 0. The van der Waals surface area contributed by atoms with E-state index in [0.717, 1.165) is 17.5 Å². The fourth-order valence-electron chi connectivity index (χ4n) is 5.07. The van der Waals surface area contributed by atoms with Gasteiger partial charge in [0.1, 0.15) is 6.04 Å². The minimum absolute atomic E-state index is 0.0590. The topological polar surface area (TPSA) is 122 Å². The van der Waals surface area contributed by atoms with Crippen molar-refractivity contribution < 1.29 is 22.5 Å². The Morgan fingerprint density at radius 3 is 2.20 bits per heavy atom. The third kappa shape index (κ3) is 7.55. The normalized spacial score (nSPS) is 12.8. The Kier molecular flexibility index (Phi) is 10.6. The zero-order valence-electron chi connectivity index (χ0n) is 25.8. The molecule has 0 saturated heterocycles. The monoisotopic (exact) mass is 616 g/mol. The summed E-state index contributed by atoms with van der Waals surface area (Å²) in [6.07, 6.45) is 1.57. The summed E-state index contributed by atoms with van der Waals surface area (Å²) < 4.78 is 34.5. The summed E-state index contributed by atoms with van der Waals surface area (Å²) in [4.78, 5) is 28.5. The van der Waals surface area contributed by atoms with Gasteiger partial charge >= 0.3 is 0 Å². The van der Waals surface area contributed by atoms with Gasteiger partial charge < -0.3 is 14.7 Å². The molecule has 0 radical (unpaired) electrons. The number of nitrogens with one attached hydrogen (secondary N) is 2. The lowest BCUT2D eigenvalue weighted by molar-refractivity contribution is -0.143. The van der Waals surface area contributed by atoms with Crippen molar-refractivity contribution in [1.29, 1.82) is 0 Å². The molecule has 9 nitrogen and oxygen atoms in total. The molecule has 0 aliphatic carbocycles. The maximum atomic E-state index is 13.7. The van der Waals surface area contributed by atoms with E-state index in [4.69, 9.17) is 4.52 Å². The lowest BCUT2D eigenvalue weighted by atomic mass is 9.95. The lowest BCUT2D eigenvalue weighted by Crippen LogP contribution is -2.51. The molecule has 1 aromatic heterocycles. The van der Waals surface area contributed by atoms with Crippen molar-refractivity contribution in [3.8, 4) is 11.1 Å². The third-order valence-corrected chi connectivity index (χ3v) is 9.39. The smallest absolute Gasteiger partial charge is 0.264 e. The van der Waals surface area contributed by atoms with Crippen LogP contribution < -0.4 is 10.0 Å². The molecular weight excluding hydrogens is 576 g/mol. The third-order valence-electron chi connectivity index (χ3n) is 8.00. The van der Waals surface area contributed by atoms with Crippen LogP contribution in [0.2, 0.25) is 0 Å². The van der Waals surface area contributed by atoms with Crippen molar-refractivity contribution in [2.45, 2.75) is 64.4 Å². The predicted molar refractivity (Wildman–Crippen MR) is 171 cm³/mol. The van der Waals surface area contributed by atoms with E-state index in [1.165, 1.54) is 6.07 Å². The maximum Gasteiger partial charge on any atom is 0.264 e. The summed E-state index contributed by atoms with van der Waals surface area (Å²) in [6, 6.07) is 23.3. The molecule has 0 aliphatic rings. The van der Waals surface area contributed by atoms with Crippen LogP contribution in [0.1, 0.15) is 49.1 Å². The van der Waals surface area contributed by atoms with Crippen LogP contribution in [-0.2, 0) is 32.6 Å². The molecule has 4 aromatic rings. The van der Waals surface area contributed by atoms with Gasteiger partial charge in [-0.05, 0) is 48.9 Å². The highest BCUT2D eigenvalue weighted by atomic mass is 32.2. The minimum Gasteiger partial charge on any atom is -0.357 e. The second-order valence-electron chi connectivity index (χ2n) is 11.0. The number of sulfonamides is 1. The molecule has 2 N–H and O–H groups in total.